The molecule has 3 rings (SSSR count). The summed E-state index contributed by atoms with van der Waals surface area (Å²) in [6, 6.07) is 7.27. The maximum Gasteiger partial charge on any atom is 0.314 e. The highest BCUT2D eigenvalue weighted by Crippen LogP contribution is 2.36. The molecule has 0 unspecified atom stereocenters. The summed E-state index contributed by atoms with van der Waals surface area (Å²) in [6.45, 7) is 1.54. The van der Waals surface area contributed by atoms with E-state index in [0.29, 0.717) is 11.6 Å². The number of nitrogens with zero attached hydrogens (tertiary/aromatic N) is 2. The van der Waals surface area contributed by atoms with Crippen molar-refractivity contribution in [2.45, 2.75) is 24.5 Å². The minimum atomic E-state index is -0.798. The second-order valence-electron chi connectivity index (χ2n) is 5.89. The molecule has 138 valence electrons. The highest BCUT2D eigenvalue weighted by atomic mass is 32.2. The van der Waals surface area contributed by atoms with E-state index >= 15 is 0 Å². The predicted octanol–water partition coefficient (Wildman–Crippen LogP) is 1.06. The number of aliphatic hydroxyl groups is 1. The first-order valence-corrected chi connectivity index (χ1v) is 9.25. The topological polar surface area (TPSA) is 105 Å². The third-order valence-corrected chi connectivity index (χ3v) is 4.84. The van der Waals surface area contributed by atoms with E-state index in [1.165, 1.54) is 6.92 Å². The highest BCUT2D eigenvalue weighted by Gasteiger charge is 2.26. The molecular formula is C17H20N4O4S. The molecular weight excluding hydrogens is 356 g/mol. The molecule has 0 fully saturated rings. The number of benzene rings is 1. The standard InChI is InChI=1S/C17H20N4O4S/c1-10(22)7-18-16(23)17(24)19-15-13-8-26-9-14(13)20-21(15)11-3-5-12(25-2)6-4-11/h3-6,10,22H,7-9H2,1-2H3,(H,18,23)(H,19,24)/t10-/m1/s1. The van der Waals surface area contributed by atoms with E-state index in [1.54, 1.807) is 35.7 Å². The summed E-state index contributed by atoms with van der Waals surface area (Å²) >= 11 is 1.70. The van der Waals surface area contributed by atoms with Crippen LogP contribution in [0.25, 0.3) is 5.69 Å². The van der Waals surface area contributed by atoms with Crippen LogP contribution in [0.5, 0.6) is 5.75 Å². The summed E-state index contributed by atoms with van der Waals surface area (Å²) in [5.41, 5.74) is 2.57. The summed E-state index contributed by atoms with van der Waals surface area (Å²) < 4.78 is 6.79. The summed E-state index contributed by atoms with van der Waals surface area (Å²) in [5, 5.41) is 18.8. The van der Waals surface area contributed by atoms with Crippen molar-refractivity contribution in [1.29, 1.82) is 0 Å². The minimum absolute atomic E-state index is 0.0119. The number of methoxy groups -OCH3 is 1. The first-order valence-electron chi connectivity index (χ1n) is 8.09. The summed E-state index contributed by atoms with van der Waals surface area (Å²) in [7, 11) is 1.59. The Morgan fingerprint density at radius 3 is 2.69 bits per heavy atom. The van der Waals surface area contributed by atoms with Crippen LogP contribution < -0.4 is 15.4 Å². The van der Waals surface area contributed by atoms with Crippen LogP contribution in [0.2, 0.25) is 0 Å². The maximum absolute atomic E-state index is 12.2. The third-order valence-electron chi connectivity index (χ3n) is 3.87. The van der Waals surface area contributed by atoms with Gasteiger partial charge in [-0.3, -0.25) is 9.59 Å². The van der Waals surface area contributed by atoms with Crippen LogP contribution in [-0.2, 0) is 21.1 Å². The number of fused-ring (bicyclic) bond motifs is 1. The summed E-state index contributed by atoms with van der Waals surface area (Å²) in [5.74, 6) is 1.10. The van der Waals surface area contributed by atoms with Crippen LogP contribution in [0.1, 0.15) is 18.2 Å². The van der Waals surface area contributed by atoms with Gasteiger partial charge in [-0.05, 0) is 31.2 Å². The van der Waals surface area contributed by atoms with Gasteiger partial charge in [0.15, 0.2) is 0 Å². The number of anilines is 1. The smallest absolute Gasteiger partial charge is 0.314 e. The van der Waals surface area contributed by atoms with Crippen LogP contribution in [0.3, 0.4) is 0 Å². The number of aliphatic hydroxyl groups excluding tert-OH is 1. The van der Waals surface area contributed by atoms with Gasteiger partial charge in [-0.2, -0.15) is 16.9 Å². The molecule has 2 amide bonds. The quantitative estimate of drug-likeness (QED) is 0.674. The second-order valence-corrected chi connectivity index (χ2v) is 6.88. The van der Waals surface area contributed by atoms with Crippen molar-refractivity contribution in [2.75, 3.05) is 19.0 Å². The molecule has 3 N–H and O–H groups in total. The lowest BCUT2D eigenvalue weighted by molar-refractivity contribution is -0.136. The van der Waals surface area contributed by atoms with Crippen LogP contribution in [0.4, 0.5) is 5.82 Å². The Bertz CT molecular complexity index is 817. The van der Waals surface area contributed by atoms with Crippen LogP contribution in [0, 0.1) is 0 Å². The Morgan fingerprint density at radius 2 is 2.04 bits per heavy atom. The zero-order valence-corrected chi connectivity index (χ0v) is 15.3. The monoisotopic (exact) mass is 376 g/mol. The molecule has 0 aliphatic carbocycles. The number of rotatable bonds is 5. The third kappa shape index (κ3) is 3.83. The lowest BCUT2D eigenvalue weighted by Gasteiger charge is -2.12. The second kappa shape index (κ2) is 7.79. The molecule has 2 heterocycles. The van der Waals surface area contributed by atoms with Crippen molar-refractivity contribution < 1.29 is 19.4 Å². The van der Waals surface area contributed by atoms with Gasteiger partial charge in [0.2, 0.25) is 0 Å². The lowest BCUT2D eigenvalue weighted by atomic mass is 10.2. The molecule has 1 aliphatic rings. The molecule has 1 aromatic heterocycles. The zero-order valence-electron chi connectivity index (χ0n) is 14.5. The maximum atomic E-state index is 12.2. The number of nitrogens with one attached hydrogen (secondary N) is 2. The van der Waals surface area contributed by atoms with Crippen LogP contribution in [-0.4, -0.2) is 46.5 Å². The molecule has 0 spiro atoms. The minimum Gasteiger partial charge on any atom is -0.497 e. The van der Waals surface area contributed by atoms with Gasteiger partial charge < -0.3 is 20.5 Å². The average molecular weight is 376 g/mol. The predicted molar refractivity (Wildman–Crippen MR) is 98.4 cm³/mol. The van der Waals surface area contributed by atoms with E-state index < -0.39 is 17.9 Å². The normalized spacial score (nSPS) is 13.8. The Morgan fingerprint density at radius 1 is 1.31 bits per heavy atom. The fourth-order valence-electron chi connectivity index (χ4n) is 2.54. The molecule has 1 aromatic carbocycles. The SMILES string of the molecule is COc1ccc(-n2nc3c(c2NC(=O)C(=O)NC[C@@H](C)O)CSC3)cc1. The fraction of sp³-hybridized carbons (Fsp3) is 0.353. The molecule has 0 radical (unpaired) electrons. The number of carbonyl (C=O) groups is 2. The Labute approximate surface area is 154 Å². The van der Waals surface area contributed by atoms with E-state index in [2.05, 4.69) is 15.7 Å². The van der Waals surface area contributed by atoms with Crippen LogP contribution in [0.15, 0.2) is 24.3 Å². The van der Waals surface area contributed by atoms with Gasteiger partial charge in [0, 0.05) is 23.6 Å². The number of thioether (sulfide) groups is 1. The van der Waals surface area contributed by atoms with Crippen molar-refractivity contribution in [3.63, 3.8) is 0 Å². The molecule has 1 aliphatic heterocycles. The molecule has 8 nitrogen and oxygen atoms in total. The van der Waals surface area contributed by atoms with Crippen molar-refractivity contribution in [2.24, 2.45) is 0 Å². The molecule has 26 heavy (non-hydrogen) atoms. The van der Waals surface area contributed by atoms with E-state index in [4.69, 9.17) is 4.74 Å². The number of ether oxygens (including phenoxy) is 1. The van der Waals surface area contributed by atoms with Crippen molar-refractivity contribution in [1.82, 2.24) is 15.1 Å². The van der Waals surface area contributed by atoms with Crippen LogP contribution >= 0.6 is 11.8 Å². The lowest BCUT2D eigenvalue weighted by Crippen LogP contribution is -2.39. The number of hydrogen-bond donors (Lipinski definition) is 3. The van der Waals surface area contributed by atoms with Gasteiger partial charge in [-0.1, -0.05) is 0 Å². The van der Waals surface area contributed by atoms with Gasteiger partial charge >= 0.3 is 11.8 Å². The first-order chi connectivity index (χ1) is 12.5. The van der Waals surface area contributed by atoms with Gasteiger partial charge in [0.05, 0.1) is 24.6 Å². The Hall–Kier alpha value is -2.52. The summed E-state index contributed by atoms with van der Waals surface area (Å²) in [6.07, 6.45) is -0.725. The average Bonchev–Trinajstić information content (AvgIpc) is 3.22. The first kappa shape index (κ1) is 18.3. The molecule has 0 saturated heterocycles. The number of hydrogen-bond acceptors (Lipinski definition) is 6. The molecule has 1 atom stereocenters. The van der Waals surface area contributed by atoms with Gasteiger partial charge in [0.25, 0.3) is 0 Å². The number of amides is 2. The fourth-order valence-corrected chi connectivity index (χ4v) is 3.57. The highest BCUT2D eigenvalue weighted by molar-refractivity contribution is 7.98. The number of aromatic nitrogens is 2. The van der Waals surface area contributed by atoms with Gasteiger partial charge in [0.1, 0.15) is 11.6 Å². The van der Waals surface area contributed by atoms with Gasteiger partial charge in [-0.25, -0.2) is 4.68 Å². The molecule has 2 aromatic rings. The Kier molecular flexibility index (Phi) is 5.48. The van der Waals surface area contributed by atoms with Gasteiger partial charge in [-0.15, -0.1) is 0 Å². The molecule has 0 saturated carbocycles. The van der Waals surface area contributed by atoms with E-state index in [0.717, 1.165) is 28.5 Å². The molecule has 0 bridgehead atoms. The largest absolute Gasteiger partial charge is 0.497 e. The van der Waals surface area contributed by atoms with Crippen molar-refractivity contribution >= 4 is 29.4 Å². The van der Waals surface area contributed by atoms with Crippen molar-refractivity contribution in [3.8, 4) is 11.4 Å². The molecule has 9 heteroatoms. The zero-order chi connectivity index (χ0) is 18.7. The van der Waals surface area contributed by atoms with Crippen molar-refractivity contribution in [3.05, 3.63) is 35.5 Å². The number of carbonyl (C=O) groups excluding carboxylic acids is 2. The van der Waals surface area contributed by atoms with E-state index in [-0.39, 0.29) is 6.54 Å². The van der Waals surface area contributed by atoms with E-state index in [1.807, 2.05) is 12.1 Å². The Balaban J connectivity index is 1.86. The van der Waals surface area contributed by atoms with E-state index in [9.17, 15) is 14.7 Å². The summed E-state index contributed by atoms with van der Waals surface area (Å²) in [4.78, 5) is 24.2.